The van der Waals surface area contributed by atoms with E-state index in [9.17, 15) is 4.79 Å². The van der Waals surface area contributed by atoms with Gasteiger partial charge < -0.3 is 10.1 Å². The maximum atomic E-state index is 12.0. The maximum Gasteiger partial charge on any atom is 0.238 e. The molecular formula is C15H20N2O2. The van der Waals surface area contributed by atoms with Gasteiger partial charge in [-0.3, -0.25) is 9.69 Å². The van der Waals surface area contributed by atoms with Crippen molar-refractivity contribution in [2.45, 2.75) is 0 Å². The molecule has 0 aliphatic rings. The molecule has 0 saturated carbocycles. The lowest BCUT2D eigenvalue weighted by molar-refractivity contribution is -0.117. The number of carbonyl (C=O) groups excluding carboxylic acids is 1. The van der Waals surface area contributed by atoms with Gasteiger partial charge in [0.15, 0.2) is 0 Å². The van der Waals surface area contributed by atoms with Crippen LogP contribution in [0.2, 0.25) is 0 Å². The number of methoxy groups -OCH3 is 1. The minimum atomic E-state index is -0.0896. The van der Waals surface area contributed by atoms with E-state index in [1.165, 1.54) is 0 Å². The zero-order valence-corrected chi connectivity index (χ0v) is 11.3. The predicted molar refractivity (Wildman–Crippen MR) is 78.5 cm³/mol. The molecule has 0 bridgehead atoms. The van der Waals surface area contributed by atoms with Crippen molar-refractivity contribution >= 4 is 11.6 Å². The van der Waals surface area contributed by atoms with Crippen LogP contribution in [0, 0.1) is 0 Å². The topological polar surface area (TPSA) is 41.6 Å². The van der Waals surface area contributed by atoms with Crippen LogP contribution in [-0.2, 0) is 4.79 Å². The minimum Gasteiger partial charge on any atom is -0.495 e. The van der Waals surface area contributed by atoms with Gasteiger partial charge in [-0.2, -0.15) is 0 Å². The van der Waals surface area contributed by atoms with Gasteiger partial charge in [0.05, 0.1) is 19.3 Å². The Morgan fingerprint density at radius 1 is 1.32 bits per heavy atom. The van der Waals surface area contributed by atoms with Gasteiger partial charge in [-0.25, -0.2) is 0 Å². The van der Waals surface area contributed by atoms with Crippen molar-refractivity contribution < 1.29 is 9.53 Å². The first kappa shape index (κ1) is 15.0. The van der Waals surface area contributed by atoms with E-state index in [2.05, 4.69) is 18.5 Å². The Labute approximate surface area is 114 Å². The first-order valence-corrected chi connectivity index (χ1v) is 6.08. The van der Waals surface area contributed by atoms with Crippen LogP contribution in [0.3, 0.4) is 0 Å². The molecule has 0 aliphatic carbocycles. The summed E-state index contributed by atoms with van der Waals surface area (Å²) in [7, 11) is 1.58. The number of amides is 1. The normalized spacial score (nSPS) is 10.0. The summed E-state index contributed by atoms with van der Waals surface area (Å²) in [4.78, 5) is 13.9. The number of rotatable bonds is 8. The lowest BCUT2D eigenvalue weighted by atomic mass is 10.3. The van der Waals surface area contributed by atoms with Gasteiger partial charge in [-0.15, -0.1) is 13.2 Å². The van der Waals surface area contributed by atoms with Crippen LogP contribution in [0.5, 0.6) is 5.75 Å². The molecule has 1 N–H and O–H groups in total. The number of hydrogen-bond acceptors (Lipinski definition) is 3. The third-order valence-corrected chi connectivity index (χ3v) is 2.52. The summed E-state index contributed by atoms with van der Waals surface area (Å²) in [5.41, 5.74) is 0.673. The van der Waals surface area contributed by atoms with Crippen LogP contribution in [0.1, 0.15) is 0 Å². The summed E-state index contributed by atoms with van der Waals surface area (Å²) in [6.07, 6.45) is 3.53. The van der Waals surface area contributed by atoms with Gasteiger partial charge in [-0.05, 0) is 12.1 Å². The zero-order chi connectivity index (χ0) is 14.1. The van der Waals surface area contributed by atoms with Gasteiger partial charge in [0.1, 0.15) is 5.75 Å². The molecule has 0 spiro atoms. The Balaban J connectivity index is 2.62. The van der Waals surface area contributed by atoms with Crippen molar-refractivity contribution in [3.8, 4) is 5.75 Å². The zero-order valence-electron chi connectivity index (χ0n) is 11.3. The molecule has 19 heavy (non-hydrogen) atoms. The quantitative estimate of drug-likeness (QED) is 0.729. The average molecular weight is 260 g/mol. The van der Waals surface area contributed by atoms with Crippen LogP contribution in [0.4, 0.5) is 5.69 Å². The number of hydrogen-bond donors (Lipinski definition) is 1. The third kappa shape index (κ3) is 4.97. The number of benzene rings is 1. The Hall–Kier alpha value is -2.07. The van der Waals surface area contributed by atoms with Crippen molar-refractivity contribution in [3.05, 3.63) is 49.6 Å². The summed E-state index contributed by atoms with van der Waals surface area (Å²) in [6.45, 7) is 8.92. The monoisotopic (exact) mass is 260 g/mol. The Bertz CT molecular complexity index is 434. The molecular weight excluding hydrogens is 240 g/mol. The molecule has 0 fully saturated rings. The summed E-state index contributed by atoms with van der Waals surface area (Å²) in [5, 5.41) is 2.83. The highest BCUT2D eigenvalue weighted by Crippen LogP contribution is 2.22. The molecule has 102 valence electrons. The standard InChI is InChI=1S/C15H20N2O2/c1-4-10-17(11-5-2)12-15(18)16-13-8-6-7-9-14(13)19-3/h4-9H,1-2,10-12H2,3H3,(H,16,18). The van der Waals surface area contributed by atoms with Crippen LogP contribution < -0.4 is 10.1 Å². The van der Waals surface area contributed by atoms with E-state index in [1.807, 2.05) is 23.1 Å². The number of ether oxygens (including phenoxy) is 1. The Morgan fingerprint density at radius 3 is 2.53 bits per heavy atom. The summed E-state index contributed by atoms with van der Waals surface area (Å²) in [5.74, 6) is 0.558. The molecule has 1 aromatic carbocycles. The van der Waals surface area contributed by atoms with E-state index in [1.54, 1.807) is 25.3 Å². The first-order valence-electron chi connectivity index (χ1n) is 6.08. The molecule has 0 aromatic heterocycles. The predicted octanol–water partition coefficient (Wildman–Crippen LogP) is 2.31. The van der Waals surface area contributed by atoms with Gasteiger partial charge in [-0.1, -0.05) is 24.3 Å². The van der Waals surface area contributed by atoms with E-state index in [-0.39, 0.29) is 12.5 Å². The SMILES string of the molecule is C=CCN(CC=C)CC(=O)Nc1ccccc1OC. The molecule has 0 heterocycles. The third-order valence-electron chi connectivity index (χ3n) is 2.52. The van der Waals surface area contributed by atoms with Crippen LogP contribution in [0.15, 0.2) is 49.6 Å². The second-order valence-electron chi connectivity index (χ2n) is 4.02. The van der Waals surface area contributed by atoms with Crippen LogP contribution >= 0.6 is 0 Å². The molecule has 4 nitrogen and oxygen atoms in total. The van der Waals surface area contributed by atoms with Crippen molar-refractivity contribution in [3.63, 3.8) is 0 Å². The summed E-state index contributed by atoms with van der Waals surface area (Å²) >= 11 is 0. The van der Waals surface area contributed by atoms with Crippen molar-refractivity contribution in [1.82, 2.24) is 4.90 Å². The van der Waals surface area contributed by atoms with E-state index < -0.39 is 0 Å². The Morgan fingerprint density at radius 2 is 1.95 bits per heavy atom. The smallest absolute Gasteiger partial charge is 0.238 e. The van der Waals surface area contributed by atoms with Crippen molar-refractivity contribution in [2.75, 3.05) is 32.1 Å². The second-order valence-corrected chi connectivity index (χ2v) is 4.02. The molecule has 1 rings (SSSR count). The van der Waals surface area contributed by atoms with Crippen molar-refractivity contribution in [1.29, 1.82) is 0 Å². The molecule has 1 amide bonds. The molecule has 0 unspecified atom stereocenters. The van der Waals surface area contributed by atoms with Gasteiger partial charge in [0.25, 0.3) is 0 Å². The van der Waals surface area contributed by atoms with Crippen LogP contribution in [0.25, 0.3) is 0 Å². The first-order chi connectivity index (χ1) is 9.21. The molecule has 0 saturated heterocycles. The Kier molecular flexibility index (Phi) is 6.39. The van der Waals surface area contributed by atoms with E-state index in [4.69, 9.17) is 4.74 Å². The van der Waals surface area contributed by atoms with Crippen molar-refractivity contribution in [2.24, 2.45) is 0 Å². The highest BCUT2D eigenvalue weighted by Gasteiger charge is 2.10. The number of carbonyl (C=O) groups is 1. The minimum absolute atomic E-state index is 0.0896. The lowest BCUT2D eigenvalue weighted by Gasteiger charge is -2.18. The highest BCUT2D eigenvalue weighted by molar-refractivity contribution is 5.93. The van der Waals surface area contributed by atoms with Crippen LogP contribution in [-0.4, -0.2) is 37.6 Å². The largest absolute Gasteiger partial charge is 0.495 e. The molecule has 0 atom stereocenters. The van der Waals surface area contributed by atoms with Gasteiger partial charge >= 0.3 is 0 Å². The van der Waals surface area contributed by atoms with Gasteiger partial charge in [0, 0.05) is 13.1 Å². The fourth-order valence-corrected chi connectivity index (χ4v) is 1.71. The number of nitrogens with one attached hydrogen (secondary N) is 1. The summed E-state index contributed by atoms with van der Waals surface area (Å²) in [6, 6.07) is 7.32. The number of nitrogens with zero attached hydrogens (tertiary/aromatic N) is 1. The van der Waals surface area contributed by atoms with Gasteiger partial charge in [0.2, 0.25) is 5.91 Å². The lowest BCUT2D eigenvalue weighted by Crippen LogP contribution is -2.33. The fraction of sp³-hybridized carbons (Fsp3) is 0.267. The summed E-state index contributed by atoms with van der Waals surface area (Å²) < 4.78 is 5.19. The highest BCUT2D eigenvalue weighted by atomic mass is 16.5. The molecule has 1 aromatic rings. The molecule has 0 radical (unpaired) electrons. The molecule has 0 aliphatic heterocycles. The number of anilines is 1. The maximum absolute atomic E-state index is 12.0. The molecule has 4 heteroatoms. The number of para-hydroxylation sites is 2. The van der Waals surface area contributed by atoms with E-state index >= 15 is 0 Å². The average Bonchev–Trinajstić information content (AvgIpc) is 2.40. The van der Waals surface area contributed by atoms with E-state index in [0.29, 0.717) is 24.5 Å². The second kappa shape index (κ2) is 8.11. The fourth-order valence-electron chi connectivity index (χ4n) is 1.71. The van der Waals surface area contributed by atoms with E-state index in [0.717, 1.165) is 0 Å².